The van der Waals surface area contributed by atoms with Gasteiger partial charge in [0.15, 0.2) is 17.3 Å². The lowest BCUT2D eigenvalue weighted by Crippen LogP contribution is -2.08. The van der Waals surface area contributed by atoms with Crippen LogP contribution in [0.2, 0.25) is 0 Å². The maximum atomic E-state index is 5.77. The SMILES string of the molecule is CCn1c(-c2nonc2N)nc2ccc(N(C)C)cc21. The highest BCUT2D eigenvalue weighted by molar-refractivity contribution is 5.84. The molecule has 0 saturated carbocycles. The molecule has 2 aromatic heterocycles. The fourth-order valence-corrected chi connectivity index (χ4v) is 2.24. The first-order valence-electron chi connectivity index (χ1n) is 6.37. The van der Waals surface area contributed by atoms with Gasteiger partial charge in [0.1, 0.15) is 0 Å². The second kappa shape index (κ2) is 4.52. The number of aromatic nitrogens is 4. The highest BCUT2D eigenvalue weighted by atomic mass is 16.6. The lowest BCUT2D eigenvalue weighted by Gasteiger charge is -2.12. The lowest BCUT2D eigenvalue weighted by atomic mass is 10.2. The molecule has 0 radical (unpaired) electrons. The number of hydrogen-bond donors (Lipinski definition) is 1. The van der Waals surface area contributed by atoms with E-state index in [1.165, 1.54) is 0 Å². The third-order valence-electron chi connectivity index (χ3n) is 3.29. The fourth-order valence-electron chi connectivity index (χ4n) is 2.24. The van der Waals surface area contributed by atoms with E-state index in [0.29, 0.717) is 11.5 Å². The van der Waals surface area contributed by atoms with Crippen molar-refractivity contribution in [1.82, 2.24) is 19.9 Å². The average Bonchev–Trinajstić information content (AvgIpc) is 3.00. The quantitative estimate of drug-likeness (QED) is 0.781. The van der Waals surface area contributed by atoms with E-state index in [4.69, 9.17) is 5.73 Å². The van der Waals surface area contributed by atoms with Crippen LogP contribution in [0.25, 0.3) is 22.6 Å². The molecule has 3 rings (SSSR count). The summed E-state index contributed by atoms with van der Waals surface area (Å²) in [6.45, 7) is 2.81. The number of benzene rings is 1. The van der Waals surface area contributed by atoms with Crippen LogP contribution in [0.1, 0.15) is 6.92 Å². The lowest BCUT2D eigenvalue weighted by molar-refractivity contribution is 0.310. The number of aryl methyl sites for hydroxylation is 1. The van der Waals surface area contributed by atoms with E-state index >= 15 is 0 Å². The van der Waals surface area contributed by atoms with Crippen LogP contribution in [-0.4, -0.2) is 34.0 Å². The van der Waals surface area contributed by atoms with Crippen molar-refractivity contribution in [3.8, 4) is 11.5 Å². The third-order valence-corrected chi connectivity index (χ3v) is 3.29. The van der Waals surface area contributed by atoms with Crippen LogP contribution in [0.3, 0.4) is 0 Å². The van der Waals surface area contributed by atoms with E-state index in [-0.39, 0.29) is 5.82 Å². The van der Waals surface area contributed by atoms with Gasteiger partial charge in [-0.05, 0) is 35.4 Å². The van der Waals surface area contributed by atoms with Gasteiger partial charge in [0.25, 0.3) is 0 Å². The van der Waals surface area contributed by atoms with E-state index in [1.54, 1.807) is 0 Å². The Balaban J connectivity index is 2.27. The molecule has 0 aliphatic rings. The minimum absolute atomic E-state index is 0.253. The molecule has 0 atom stereocenters. The maximum absolute atomic E-state index is 5.77. The van der Waals surface area contributed by atoms with Gasteiger partial charge in [-0.15, -0.1) is 0 Å². The second-order valence-electron chi connectivity index (χ2n) is 4.75. The molecule has 0 spiro atoms. The van der Waals surface area contributed by atoms with Crippen molar-refractivity contribution in [3.05, 3.63) is 18.2 Å². The zero-order valence-corrected chi connectivity index (χ0v) is 11.7. The van der Waals surface area contributed by atoms with Crippen LogP contribution < -0.4 is 10.6 Å². The van der Waals surface area contributed by atoms with E-state index in [1.807, 2.05) is 26.2 Å². The first-order chi connectivity index (χ1) is 9.61. The molecule has 0 aliphatic heterocycles. The van der Waals surface area contributed by atoms with Gasteiger partial charge in [0.2, 0.25) is 0 Å². The molecule has 2 N–H and O–H groups in total. The Morgan fingerprint density at radius 2 is 2.10 bits per heavy atom. The molecule has 0 unspecified atom stereocenters. The summed E-state index contributed by atoms with van der Waals surface area (Å²) in [5, 5.41) is 7.46. The molecule has 20 heavy (non-hydrogen) atoms. The predicted octanol–water partition coefficient (Wildman–Crippen LogP) is 1.75. The van der Waals surface area contributed by atoms with E-state index in [0.717, 1.165) is 23.3 Å². The zero-order valence-electron chi connectivity index (χ0n) is 11.7. The molecule has 2 heterocycles. The van der Waals surface area contributed by atoms with Crippen molar-refractivity contribution in [2.24, 2.45) is 0 Å². The fraction of sp³-hybridized carbons (Fsp3) is 0.308. The van der Waals surface area contributed by atoms with Crippen molar-refractivity contribution in [2.45, 2.75) is 13.5 Å². The van der Waals surface area contributed by atoms with Crippen LogP contribution in [-0.2, 0) is 6.54 Å². The smallest absolute Gasteiger partial charge is 0.199 e. The number of anilines is 2. The Morgan fingerprint density at radius 3 is 2.70 bits per heavy atom. The minimum Gasteiger partial charge on any atom is -0.379 e. The summed E-state index contributed by atoms with van der Waals surface area (Å²) in [6.07, 6.45) is 0. The number of fused-ring (bicyclic) bond motifs is 1. The van der Waals surface area contributed by atoms with E-state index < -0.39 is 0 Å². The van der Waals surface area contributed by atoms with Gasteiger partial charge in [-0.2, -0.15) is 0 Å². The average molecular weight is 272 g/mol. The Kier molecular flexibility index (Phi) is 2.81. The van der Waals surface area contributed by atoms with Gasteiger partial charge in [-0.1, -0.05) is 0 Å². The first kappa shape index (κ1) is 12.5. The van der Waals surface area contributed by atoms with Gasteiger partial charge < -0.3 is 15.2 Å². The summed E-state index contributed by atoms with van der Waals surface area (Å²) >= 11 is 0. The van der Waals surface area contributed by atoms with Crippen molar-refractivity contribution < 1.29 is 4.63 Å². The van der Waals surface area contributed by atoms with Gasteiger partial charge >= 0.3 is 0 Å². The highest BCUT2D eigenvalue weighted by Gasteiger charge is 2.18. The van der Waals surface area contributed by atoms with Gasteiger partial charge in [0.05, 0.1) is 11.0 Å². The maximum Gasteiger partial charge on any atom is 0.199 e. The molecular formula is C13H16N6O. The molecule has 104 valence electrons. The summed E-state index contributed by atoms with van der Waals surface area (Å²) in [4.78, 5) is 6.64. The predicted molar refractivity (Wildman–Crippen MR) is 77.4 cm³/mol. The van der Waals surface area contributed by atoms with Crippen LogP contribution in [0, 0.1) is 0 Å². The summed E-state index contributed by atoms with van der Waals surface area (Å²) < 4.78 is 6.72. The molecule has 1 aromatic carbocycles. The third kappa shape index (κ3) is 1.78. The highest BCUT2D eigenvalue weighted by Crippen LogP contribution is 2.28. The summed E-state index contributed by atoms with van der Waals surface area (Å²) in [5.74, 6) is 0.931. The number of nitrogen functional groups attached to an aromatic ring is 1. The Morgan fingerprint density at radius 1 is 1.30 bits per heavy atom. The number of nitrogens with zero attached hydrogens (tertiary/aromatic N) is 5. The van der Waals surface area contributed by atoms with Crippen LogP contribution >= 0.6 is 0 Å². The van der Waals surface area contributed by atoms with Crippen molar-refractivity contribution >= 4 is 22.5 Å². The van der Waals surface area contributed by atoms with Gasteiger partial charge in [-0.3, -0.25) is 0 Å². The summed E-state index contributed by atoms with van der Waals surface area (Å²) in [7, 11) is 4.02. The molecule has 3 aromatic rings. The number of imidazole rings is 1. The minimum atomic E-state index is 0.253. The molecule has 7 nitrogen and oxygen atoms in total. The zero-order chi connectivity index (χ0) is 14.3. The van der Waals surface area contributed by atoms with Crippen molar-refractivity contribution in [3.63, 3.8) is 0 Å². The van der Waals surface area contributed by atoms with Crippen LogP contribution in [0.5, 0.6) is 0 Å². The molecule has 0 fully saturated rings. The monoisotopic (exact) mass is 272 g/mol. The van der Waals surface area contributed by atoms with Crippen LogP contribution in [0.4, 0.5) is 11.5 Å². The number of hydrogen-bond acceptors (Lipinski definition) is 6. The van der Waals surface area contributed by atoms with E-state index in [2.05, 4.69) is 42.4 Å². The molecule has 7 heteroatoms. The Bertz CT molecular complexity index is 757. The first-order valence-corrected chi connectivity index (χ1v) is 6.37. The molecule has 0 amide bonds. The topological polar surface area (TPSA) is 86.0 Å². The standard InChI is InChI=1S/C13H16N6O/c1-4-19-10-7-8(18(2)3)5-6-9(10)15-13(19)11-12(14)17-20-16-11/h5-7H,4H2,1-3H3,(H2,14,17). The Labute approximate surface area is 116 Å². The number of nitrogens with two attached hydrogens (primary N) is 1. The number of rotatable bonds is 3. The molecule has 0 saturated heterocycles. The van der Waals surface area contributed by atoms with Gasteiger partial charge in [0, 0.05) is 26.3 Å². The van der Waals surface area contributed by atoms with Gasteiger partial charge in [-0.25, -0.2) is 9.61 Å². The second-order valence-corrected chi connectivity index (χ2v) is 4.75. The van der Waals surface area contributed by atoms with Crippen molar-refractivity contribution in [2.75, 3.05) is 24.7 Å². The van der Waals surface area contributed by atoms with Crippen molar-refractivity contribution in [1.29, 1.82) is 0 Å². The summed E-state index contributed by atoms with van der Waals surface area (Å²) in [6, 6.07) is 6.12. The van der Waals surface area contributed by atoms with E-state index in [9.17, 15) is 0 Å². The Hall–Kier alpha value is -2.57. The molecule has 0 bridgehead atoms. The van der Waals surface area contributed by atoms with Crippen LogP contribution in [0.15, 0.2) is 22.8 Å². The molecule has 0 aliphatic carbocycles. The summed E-state index contributed by atoms with van der Waals surface area (Å²) in [5.41, 5.74) is 9.30. The normalized spacial score (nSPS) is 11.2. The largest absolute Gasteiger partial charge is 0.379 e. The molecular weight excluding hydrogens is 256 g/mol.